The third-order valence-corrected chi connectivity index (χ3v) is 5.81. The van der Waals surface area contributed by atoms with Gasteiger partial charge in [-0.3, -0.25) is 9.78 Å². The molecule has 0 bridgehead atoms. The number of carboxylic acid groups (broad SMARTS) is 1. The van der Waals surface area contributed by atoms with Crippen LogP contribution in [0.1, 0.15) is 28.2 Å². The van der Waals surface area contributed by atoms with Crippen LogP contribution in [-0.2, 0) is 0 Å². The Balaban J connectivity index is 1.52. The van der Waals surface area contributed by atoms with Crippen LogP contribution in [0.25, 0.3) is 5.57 Å². The Labute approximate surface area is 191 Å². The molecule has 0 aliphatic carbocycles. The summed E-state index contributed by atoms with van der Waals surface area (Å²) in [6.07, 6.45) is 4.40. The van der Waals surface area contributed by atoms with Gasteiger partial charge in [0.25, 0.3) is 5.91 Å². The summed E-state index contributed by atoms with van der Waals surface area (Å²) in [5, 5.41) is 15.1. The fourth-order valence-corrected chi connectivity index (χ4v) is 4.06. The quantitative estimate of drug-likeness (QED) is 0.507. The summed E-state index contributed by atoms with van der Waals surface area (Å²) >= 11 is 1.05. The lowest BCUT2D eigenvalue weighted by Gasteiger charge is -2.23. The van der Waals surface area contributed by atoms with Crippen LogP contribution in [0.3, 0.4) is 0 Å². The van der Waals surface area contributed by atoms with Gasteiger partial charge in [-0.05, 0) is 42.6 Å². The van der Waals surface area contributed by atoms with Crippen molar-refractivity contribution in [1.29, 1.82) is 0 Å². The van der Waals surface area contributed by atoms with Crippen LogP contribution in [0.5, 0.6) is 0 Å². The predicted molar refractivity (Wildman–Crippen MR) is 119 cm³/mol. The van der Waals surface area contributed by atoms with Crippen molar-refractivity contribution in [3.05, 3.63) is 65.3 Å². The van der Waals surface area contributed by atoms with Crippen molar-refractivity contribution in [2.24, 2.45) is 0 Å². The van der Waals surface area contributed by atoms with Gasteiger partial charge >= 0.3 is 6.09 Å². The molecule has 0 fully saturated rings. The van der Waals surface area contributed by atoms with Gasteiger partial charge in [0.1, 0.15) is 10.8 Å². The summed E-state index contributed by atoms with van der Waals surface area (Å²) in [6, 6.07) is 3.09. The second-order valence-electron chi connectivity index (χ2n) is 7.18. The molecule has 170 valence electrons. The highest BCUT2D eigenvalue weighted by Gasteiger charge is 2.21. The molecule has 3 N–H and O–H groups in total. The third kappa shape index (κ3) is 4.95. The second-order valence-corrected chi connectivity index (χ2v) is 7.95. The molecule has 0 radical (unpaired) electrons. The van der Waals surface area contributed by atoms with Gasteiger partial charge in [-0.25, -0.2) is 18.6 Å². The molecular formula is C21H18F2N6O3S. The van der Waals surface area contributed by atoms with Crippen LogP contribution in [0.15, 0.2) is 36.7 Å². The highest BCUT2D eigenvalue weighted by Crippen LogP contribution is 2.29. The van der Waals surface area contributed by atoms with Crippen molar-refractivity contribution >= 4 is 45.6 Å². The van der Waals surface area contributed by atoms with E-state index in [0.717, 1.165) is 29.2 Å². The minimum Gasteiger partial charge on any atom is -0.465 e. The molecule has 33 heavy (non-hydrogen) atoms. The summed E-state index contributed by atoms with van der Waals surface area (Å²) in [5.41, 5.74) is 2.28. The van der Waals surface area contributed by atoms with Crippen LogP contribution >= 0.6 is 11.5 Å². The first-order valence-corrected chi connectivity index (χ1v) is 10.6. The summed E-state index contributed by atoms with van der Waals surface area (Å²) in [7, 11) is 0. The Bertz CT molecular complexity index is 1260. The zero-order chi connectivity index (χ0) is 23.5. The number of hydrogen-bond donors (Lipinski definition) is 3. The topological polar surface area (TPSA) is 120 Å². The molecule has 0 unspecified atom stereocenters. The molecule has 1 aromatic carbocycles. The lowest BCUT2D eigenvalue weighted by molar-refractivity contribution is 0.102. The smallest absolute Gasteiger partial charge is 0.407 e. The van der Waals surface area contributed by atoms with E-state index in [0.29, 0.717) is 35.2 Å². The average Bonchev–Trinajstić information content (AvgIpc) is 3.16. The number of aromatic nitrogens is 3. The number of anilines is 3. The number of rotatable bonds is 5. The van der Waals surface area contributed by atoms with Gasteiger partial charge in [0, 0.05) is 24.8 Å². The summed E-state index contributed by atoms with van der Waals surface area (Å²) in [6.45, 7) is 2.29. The maximum absolute atomic E-state index is 13.5. The molecule has 3 heterocycles. The molecule has 0 spiro atoms. The number of amides is 2. The van der Waals surface area contributed by atoms with Crippen molar-refractivity contribution in [3.8, 4) is 0 Å². The van der Waals surface area contributed by atoms with E-state index in [1.165, 1.54) is 17.2 Å². The Morgan fingerprint density at radius 1 is 1.21 bits per heavy atom. The van der Waals surface area contributed by atoms with E-state index < -0.39 is 23.6 Å². The second kappa shape index (κ2) is 9.28. The standard InChI is InChI=1S/C21H18F2N6O3S/c1-11-18(19(30)25-13-2-3-14(22)15(23)8-13)20(33-28-11)27-17-10-24-9-16(26-17)12-4-6-29(7-5-12)21(31)32/h2-4,8-10H,5-7H2,1H3,(H,25,30)(H,26,27)(H,31,32). The van der Waals surface area contributed by atoms with Crippen molar-refractivity contribution in [2.45, 2.75) is 13.3 Å². The molecule has 3 aromatic rings. The largest absolute Gasteiger partial charge is 0.465 e. The number of hydrogen-bond acceptors (Lipinski definition) is 7. The fourth-order valence-electron chi connectivity index (χ4n) is 3.26. The lowest BCUT2D eigenvalue weighted by Crippen LogP contribution is -2.33. The summed E-state index contributed by atoms with van der Waals surface area (Å²) < 4.78 is 30.8. The molecule has 0 saturated carbocycles. The number of halogens is 2. The van der Waals surface area contributed by atoms with Gasteiger partial charge in [0.2, 0.25) is 0 Å². The van der Waals surface area contributed by atoms with Gasteiger partial charge in [-0.15, -0.1) is 0 Å². The number of aryl methyl sites for hydroxylation is 1. The normalized spacial score (nSPS) is 13.4. The molecule has 4 rings (SSSR count). The fraction of sp³-hybridized carbons (Fsp3) is 0.190. The molecule has 0 atom stereocenters. The van der Waals surface area contributed by atoms with Crippen molar-refractivity contribution in [3.63, 3.8) is 0 Å². The predicted octanol–water partition coefficient (Wildman–Crippen LogP) is 4.28. The maximum Gasteiger partial charge on any atom is 0.407 e. The van der Waals surface area contributed by atoms with Gasteiger partial charge in [-0.1, -0.05) is 6.08 Å². The minimum absolute atomic E-state index is 0.108. The van der Waals surface area contributed by atoms with Crippen molar-refractivity contribution in [2.75, 3.05) is 23.7 Å². The number of carbonyl (C=O) groups is 2. The Hall–Kier alpha value is -3.93. The Morgan fingerprint density at radius 3 is 2.73 bits per heavy atom. The number of benzene rings is 1. The van der Waals surface area contributed by atoms with E-state index >= 15 is 0 Å². The van der Waals surface area contributed by atoms with E-state index in [1.54, 1.807) is 19.2 Å². The first kappa shape index (κ1) is 22.3. The molecule has 9 nitrogen and oxygen atoms in total. The van der Waals surface area contributed by atoms with Gasteiger partial charge in [0.05, 0.1) is 29.3 Å². The zero-order valence-electron chi connectivity index (χ0n) is 17.3. The van der Waals surface area contributed by atoms with Gasteiger partial charge < -0.3 is 20.6 Å². The summed E-state index contributed by atoms with van der Waals surface area (Å²) in [4.78, 5) is 33.9. The van der Waals surface area contributed by atoms with E-state index in [-0.39, 0.29) is 17.8 Å². The number of nitrogens with one attached hydrogen (secondary N) is 2. The highest BCUT2D eigenvalue weighted by molar-refractivity contribution is 7.10. The highest BCUT2D eigenvalue weighted by atomic mass is 32.1. The molecule has 2 aromatic heterocycles. The van der Waals surface area contributed by atoms with Crippen LogP contribution in [0.4, 0.5) is 30.1 Å². The van der Waals surface area contributed by atoms with Crippen molar-refractivity contribution in [1.82, 2.24) is 19.2 Å². The SMILES string of the molecule is Cc1nsc(Nc2cncc(C3=CCN(C(=O)O)CC3)n2)c1C(=O)Nc1ccc(F)c(F)c1. The average molecular weight is 472 g/mol. The van der Waals surface area contributed by atoms with Crippen molar-refractivity contribution < 1.29 is 23.5 Å². The van der Waals surface area contributed by atoms with E-state index in [2.05, 4.69) is 25.0 Å². The zero-order valence-corrected chi connectivity index (χ0v) is 18.1. The first-order valence-electron chi connectivity index (χ1n) is 9.81. The Kier molecular flexibility index (Phi) is 6.27. The maximum atomic E-state index is 13.5. The molecule has 2 amide bonds. The lowest BCUT2D eigenvalue weighted by atomic mass is 10.1. The number of nitrogens with zero attached hydrogens (tertiary/aromatic N) is 4. The van der Waals surface area contributed by atoms with Crippen LogP contribution in [0, 0.1) is 18.6 Å². The van der Waals surface area contributed by atoms with E-state index in [9.17, 15) is 18.4 Å². The van der Waals surface area contributed by atoms with Crippen LogP contribution in [-0.4, -0.2) is 49.4 Å². The molecule has 1 aliphatic heterocycles. The van der Waals surface area contributed by atoms with E-state index in [1.807, 2.05) is 0 Å². The molecule has 12 heteroatoms. The first-order chi connectivity index (χ1) is 15.8. The monoisotopic (exact) mass is 472 g/mol. The Morgan fingerprint density at radius 2 is 2.03 bits per heavy atom. The third-order valence-electron chi connectivity index (χ3n) is 4.95. The molecule has 1 aliphatic rings. The summed E-state index contributed by atoms with van der Waals surface area (Å²) in [5.74, 6) is -2.24. The number of carbonyl (C=O) groups excluding carboxylic acids is 1. The van der Waals surface area contributed by atoms with Crippen LogP contribution in [0.2, 0.25) is 0 Å². The molecular weight excluding hydrogens is 454 g/mol. The molecule has 0 saturated heterocycles. The van der Waals surface area contributed by atoms with Crippen LogP contribution < -0.4 is 10.6 Å². The van der Waals surface area contributed by atoms with Gasteiger partial charge in [0.15, 0.2) is 11.6 Å². The van der Waals surface area contributed by atoms with E-state index in [4.69, 9.17) is 5.11 Å². The van der Waals surface area contributed by atoms with Gasteiger partial charge in [-0.2, -0.15) is 4.37 Å². The minimum atomic E-state index is -1.07.